The lowest BCUT2D eigenvalue weighted by Crippen LogP contribution is -2.41. The van der Waals surface area contributed by atoms with Crippen molar-refractivity contribution in [1.29, 1.82) is 5.41 Å². The molecule has 1 fully saturated rings. The van der Waals surface area contributed by atoms with E-state index >= 15 is 0 Å². The quantitative estimate of drug-likeness (QED) is 0.447. The summed E-state index contributed by atoms with van der Waals surface area (Å²) < 4.78 is 5.93. The minimum absolute atomic E-state index is 0.00418. The summed E-state index contributed by atoms with van der Waals surface area (Å²) in [7, 11) is 0. The summed E-state index contributed by atoms with van der Waals surface area (Å²) in [6.45, 7) is 1.23. The van der Waals surface area contributed by atoms with Crippen LogP contribution in [0.1, 0.15) is 17.5 Å². The molecule has 0 radical (unpaired) electrons. The Morgan fingerprint density at radius 1 is 1.23 bits per heavy atom. The fourth-order valence-electron chi connectivity index (χ4n) is 3.02. The zero-order valence-corrected chi connectivity index (χ0v) is 14.6. The molecule has 3 rings (SSSR count). The molecule has 5 N–H and O–H groups in total. The molecule has 136 valence electrons. The Morgan fingerprint density at radius 3 is 2.81 bits per heavy atom. The molecule has 0 spiro atoms. The van der Waals surface area contributed by atoms with Gasteiger partial charge in [0.1, 0.15) is 17.7 Å². The fourth-order valence-corrected chi connectivity index (χ4v) is 3.02. The van der Waals surface area contributed by atoms with E-state index in [0.29, 0.717) is 30.8 Å². The minimum Gasteiger partial charge on any atom is -0.489 e. The Bertz CT molecular complexity index is 763. The maximum atomic E-state index is 12.3. The highest BCUT2D eigenvalue weighted by atomic mass is 16.5. The van der Waals surface area contributed by atoms with Crippen molar-refractivity contribution in [2.45, 2.75) is 25.0 Å². The van der Waals surface area contributed by atoms with Crippen molar-refractivity contribution in [3.8, 4) is 5.75 Å². The van der Waals surface area contributed by atoms with Gasteiger partial charge in [-0.2, -0.15) is 0 Å². The van der Waals surface area contributed by atoms with Crippen LogP contribution in [0.15, 0.2) is 54.6 Å². The van der Waals surface area contributed by atoms with E-state index < -0.39 is 0 Å². The molecule has 2 aromatic rings. The highest BCUT2D eigenvalue weighted by Crippen LogP contribution is 2.19. The van der Waals surface area contributed by atoms with Crippen molar-refractivity contribution in [2.75, 3.05) is 13.1 Å². The zero-order valence-electron chi connectivity index (χ0n) is 14.6. The van der Waals surface area contributed by atoms with Crippen LogP contribution in [0.4, 0.5) is 0 Å². The predicted octanol–water partition coefficient (Wildman–Crippen LogP) is 1.44. The molecular formula is C20H24N4O2. The van der Waals surface area contributed by atoms with Crippen molar-refractivity contribution in [2.24, 2.45) is 5.73 Å². The van der Waals surface area contributed by atoms with Gasteiger partial charge < -0.3 is 21.1 Å². The summed E-state index contributed by atoms with van der Waals surface area (Å²) in [4.78, 5) is 12.3. The number of ether oxygens (including phenoxy) is 1. The van der Waals surface area contributed by atoms with Crippen LogP contribution in [0.25, 0.3) is 0 Å². The fraction of sp³-hybridized carbons (Fsp3) is 0.300. The van der Waals surface area contributed by atoms with Crippen molar-refractivity contribution in [1.82, 2.24) is 10.6 Å². The third-order valence-corrected chi connectivity index (χ3v) is 4.41. The number of carbonyl (C=O) groups is 1. The summed E-state index contributed by atoms with van der Waals surface area (Å²) in [5.41, 5.74) is 7.34. The molecule has 0 aromatic heterocycles. The topological polar surface area (TPSA) is 100 Å². The Morgan fingerprint density at radius 2 is 2.04 bits per heavy atom. The van der Waals surface area contributed by atoms with Crippen LogP contribution in [0.3, 0.4) is 0 Å². The van der Waals surface area contributed by atoms with Crippen LogP contribution in [0.5, 0.6) is 5.75 Å². The number of benzene rings is 2. The molecule has 1 aliphatic rings. The van der Waals surface area contributed by atoms with Crippen molar-refractivity contribution < 1.29 is 9.53 Å². The van der Waals surface area contributed by atoms with Crippen molar-refractivity contribution >= 4 is 11.7 Å². The van der Waals surface area contributed by atoms with Gasteiger partial charge in [0, 0.05) is 25.1 Å². The average Bonchev–Trinajstić information content (AvgIpc) is 3.11. The van der Waals surface area contributed by atoms with E-state index in [0.717, 1.165) is 6.42 Å². The largest absolute Gasteiger partial charge is 0.489 e. The van der Waals surface area contributed by atoms with Crippen LogP contribution in [-0.4, -0.2) is 37.0 Å². The molecule has 2 aromatic carbocycles. The van der Waals surface area contributed by atoms with Crippen molar-refractivity contribution in [3.05, 3.63) is 65.7 Å². The predicted molar refractivity (Wildman–Crippen MR) is 101 cm³/mol. The van der Waals surface area contributed by atoms with Gasteiger partial charge in [0.25, 0.3) is 0 Å². The molecule has 0 aliphatic carbocycles. The van der Waals surface area contributed by atoms with Gasteiger partial charge in [-0.1, -0.05) is 42.5 Å². The normalized spacial score (nSPS) is 19.1. The SMILES string of the molecule is N=C(N)c1cccc(O[C@H]2CN[C@H](C(=O)NCCc3ccccc3)C2)c1. The molecule has 26 heavy (non-hydrogen) atoms. The number of hydrogen-bond donors (Lipinski definition) is 4. The van der Waals surface area contributed by atoms with E-state index in [2.05, 4.69) is 22.8 Å². The first-order valence-electron chi connectivity index (χ1n) is 8.78. The Hall–Kier alpha value is -2.86. The summed E-state index contributed by atoms with van der Waals surface area (Å²) >= 11 is 0. The summed E-state index contributed by atoms with van der Waals surface area (Å²) in [6.07, 6.45) is 1.35. The average molecular weight is 352 g/mol. The molecule has 2 atom stereocenters. The van der Waals surface area contributed by atoms with Gasteiger partial charge in [0.2, 0.25) is 5.91 Å². The van der Waals surface area contributed by atoms with E-state index in [4.69, 9.17) is 15.9 Å². The maximum absolute atomic E-state index is 12.3. The van der Waals surface area contributed by atoms with E-state index in [1.165, 1.54) is 5.56 Å². The number of nitrogens with one attached hydrogen (secondary N) is 3. The standard InChI is InChI=1S/C20H24N4O2/c21-19(22)15-7-4-8-16(11-15)26-17-12-18(24-13-17)20(25)23-10-9-14-5-2-1-3-6-14/h1-8,11,17-18,24H,9-10,12-13H2,(H3,21,22)(H,23,25)/t17-,18+/m1/s1. The lowest BCUT2D eigenvalue weighted by atomic mass is 10.1. The molecule has 1 heterocycles. The molecule has 1 aliphatic heterocycles. The number of hydrogen-bond acceptors (Lipinski definition) is 4. The van der Waals surface area contributed by atoms with Gasteiger partial charge in [-0.25, -0.2) is 0 Å². The number of nitrogens with two attached hydrogens (primary N) is 1. The monoisotopic (exact) mass is 352 g/mol. The molecule has 1 saturated heterocycles. The number of amidine groups is 1. The second-order valence-electron chi connectivity index (χ2n) is 6.40. The van der Waals surface area contributed by atoms with E-state index in [1.807, 2.05) is 30.3 Å². The van der Waals surface area contributed by atoms with E-state index in [9.17, 15) is 4.79 Å². The smallest absolute Gasteiger partial charge is 0.237 e. The highest BCUT2D eigenvalue weighted by molar-refractivity contribution is 5.95. The number of nitrogen functional groups attached to an aromatic ring is 1. The minimum atomic E-state index is -0.244. The summed E-state index contributed by atoms with van der Waals surface area (Å²) in [5.74, 6) is 0.676. The van der Waals surface area contributed by atoms with Gasteiger partial charge in [-0.05, 0) is 24.1 Å². The summed E-state index contributed by atoms with van der Waals surface area (Å²) in [5, 5.41) is 13.7. The first-order valence-corrected chi connectivity index (χ1v) is 8.78. The van der Waals surface area contributed by atoms with Crippen LogP contribution in [-0.2, 0) is 11.2 Å². The second-order valence-corrected chi connectivity index (χ2v) is 6.40. The zero-order chi connectivity index (χ0) is 18.4. The Kier molecular flexibility index (Phi) is 5.86. The molecular weight excluding hydrogens is 328 g/mol. The maximum Gasteiger partial charge on any atom is 0.237 e. The lowest BCUT2D eigenvalue weighted by molar-refractivity contribution is -0.122. The lowest BCUT2D eigenvalue weighted by Gasteiger charge is -2.14. The third-order valence-electron chi connectivity index (χ3n) is 4.41. The van der Waals surface area contributed by atoms with E-state index in [-0.39, 0.29) is 23.9 Å². The van der Waals surface area contributed by atoms with Gasteiger partial charge in [-0.3, -0.25) is 10.2 Å². The Labute approximate surface area is 153 Å². The second kappa shape index (κ2) is 8.49. The van der Waals surface area contributed by atoms with Gasteiger partial charge in [-0.15, -0.1) is 0 Å². The van der Waals surface area contributed by atoms with Gasteiger partial charge >= 0.3 is 0 Å². The van der Waals surface area contributed by atoms with Crippen molar-refractivity contribution in [3.63, 3.8) is 0 Å². The first-order chi connectivity index (χ1) is 12.6. The Balaban J connectivity index is 1.45. The van der Waals surface area contributed by atoms with E-state index in [1.54, 1.807) is 12.1 Å². The highest BCUT2D eigenvalue weighted by Gasteiger charge is 2.30. The number of carbonyl (C=O) groups excluding carboxylic acids is 1. The van der Waals surface area contributed by atoms with Gasteiger partial charge in [0.05, 0.1) is 6.04 Å². The van der Waals surface area contributed by atoms with Gasteiger partial charge in [0.15, 0.2) is 0 Å². The molecule has 0 bridgehead atoms. The molecule has 1 amide bonds. The number of rotatable bonds is 7. The third kappa shape index (κ3) is 4.83. The molecule has 0 saturated carbocycles. The van der Waals surface area contributed by atoms with Crippen LogP contribution in [0, 0.1) is 5.41 Å². The molecule has 0 unspecified atom stereocenters. The van der Waals surface area contributed by atoms with Crippen LogP contribution >= 0.6 is 0 Å². The van der Waals surface area contributed by atoms with Crippen LogP contribution in [0.2, 0.25) is 0 Å². The number of amides is 1. The van der Waals surface area contributed by atoms with Crippen LogP contribution < -0.4 is 21.1 Å². The first kappa shape index (κ1) is 17.9. The molecule has 6 nitrogen and oxygen atoms in total. The summed E-state index contributed by atoms with van der Waals surface area (Å²) in [6, 6.07) is 17.0. The molecule has 6 heteroatoms.